The van der Waals surface area contributed by atoms with Crippen LogP contribution in [-0.2, 0) is 11.2 Å². The third-order valence-electron chi connectivity index (χ3n) is 3.37. The van der Waals surface area contributed by atoms with Gasteiger partial charge in [0.1, 0.15) is 5.75 Å². The van der Waals surface area contributed by atoms with Crippen molar-refractivity contribution in [3.05, 3.63) is 30.0 Å². The largest absolute Gasteiger partial charge is 0.493 e. The average molecular weight is 312 g/mol. The summed E-state index contributed by atoms with van der Waals surface area (Å²) in [5.41, 5.74) is 2.32. The normalized spacial score (nSPS) is 11.7. The zero-order chi connectivity index (χ0) is 15.9. The fourth-order valence-corrected chi connectivity index (χ4v) is 2.22. The maximum absolute atomic E-state index is 11.8. The Morgan fingerprint density at radius 1 is 1.23 bits per heavy atom. The van der Waals surface area contributed by atoms with Crippen LogP contribution < -0.4 is 4.74 Å². The lowest BCUT2D eigenvalue weighted by molar-refractivity contribution is -0.130. The molecule has 0 fully saturated rings. The van der Waals surface area contributed by atoms with Crippen molar-refractivity contribution in [3.63, 3.8) is 0 Å². The van der Waals surface area contributed by atoms with Crippen LogP contribution in [0, 0.1) is 0 Å². The Balaban J connectivity index is 1.92. The molecule has 0 saturated carbocycles. The first-order chi connectivity index (χ1) is 10.6. The Morgan fingerprint density at radius 3 is 2.77 bits per heavy atom. The number of aromatic nitrogens is 1. The van der Waals surface area contributed by atoms with E-state index in [2.05, 4.69) is 14.6 Å². The van der Waals surface area contributed by atoms with E-state index in [0.717, 1.165) is 29.6 Å². The summed E-state index contributed by atoms with van der Waals surface area (Å²) in [6.45, 7) is -1.38. The fraction of sp³-hybridized carbons (Fsp3) is 0.500. The first kappa shape index (κ1) is 16.7. The number of fused-ring (bicyclic) bond motifs is 1. The lowest BCUT2D eigenvalue weighted by atomic mass is 10.1. The lowest BCUT2D eigenvalue weighted by Crippen LogP contribution is -2.14. The van der Waals surface area contributed by atoms with Crippen LogP contribution in [0.3, 0.4) is 0 Å². The van der Waals surface area contributed by atoms with E-state index in [0.29, 0.717) is 13.0 Å². The van der Waals surface area contributed by atoms with Crippen molar-refractivity contribution in [2.45, 2.75) is 19.5 Å². The first-order valence-corrected chi connectivity index (χ1v) is 7.33. The summed E-state index contributed by atoms with van der Waals surface area (Å²) in [6.07, 6.45) is 3.41. The van der Waals surface area contributed by atoms with Gasteiger partial charge in [0.05, 0.1) is 13.2 Å². The second-order valence-electron chi connectivity index (χ2n) is 5.41. The number of nitrogens with zero attached hydrogens (tertiary/aromatic N) is 1. The molecule has 1 heterocycles. The maximum Gasteiger partial charge on any atom is 0.345 e. The van der Waals surface area contributed by atoms with Crippen molar-refractivity contribution in [3.8, 4) is 5.75 Å². The van der Waals surface area contributed by atoms with E-state index in [9.17, 15) is 8.78 Å². The Hall–Kier alpha value is -1.66. The summed E-state index contributed by atoms with van der Waals surface area (Å²) in [5.74, 6) is 0.746. The van der Waals surface area contributed by atoms with Gasteiger partial charge in [-0.3, -0.25) is 0 Å². The van der Waals surface area contributed by atoms with E-state index in [-0.39, 0.29) is 6.61 Å². The van der Waals surface area contributed by atoms with Crippen LogP contribution in [0.4, 0.5) is 8.78 Å². The molecule has 0 amide bonds. The number of rotatable bonds is 9. The number of likely N-dealkylation sites (N-methyl/N-ethyl adjacent to an activating group) is 1. The molecular formula is C16H22F2N2O2. The molecule has 122 valence electrons. The lowest BCUT2D eigenvalue weighted by Gasteiger charge is -2.09. The molecule has 1 aromatic heterocycles. The summed E-state index contributed by atoms with van der Waals surface area (Å²) < 4.78 is 33.4. The average Bonchev–Trinajstić information content (AvgIpc) is 2.87. The molecule has 0 saturated heterocycles. The highest BCUT2D eigenvalue weighted by Gasteiger charge is 2.06. The topological polar surface area (TPSA) is 37.5 Å². The minimum absolute atomic E-state index is 0.00183. The van der Waals surface area contributed by atoms with Crippen molar-refractivity contribution in [1.29, 1.82) is 0 Å². The minimum atomic E-state index is -2.71. The van der Waals surface area contributed by atoms with Gasteiger partial charge in [0.15, 0.2) is 0 Å². The number of ether oxygens (including phenoxy) is 2. The monoisotopic (exact) mass is 312 g/mol. The van der Waals surface area contributed by atoms with Gasteiger partial charge in [-0.25, -0.2) is 0 Å². The van der Waals surface area contributed by atoms with Crippen LogP contribution in [0.25, 0.3) is 10.9 Å². The van der Waals surface area contributed by atoms with Gasteiger partial charge in [-0.2, -0.15) is 8.78 Å². The van der Waals surface area contributed by atoms with Crippen LogP contribution in [0.2, 0.25) is 0 Å². The predicted octanol–water partition coefficient (Wildman–Crippen LogP) is 3.28. The van der Waals surface area contributed by atoms with E-state index in [1.807, 2.05) is 38.5 Å². The second-order valence-corrected chi connectivity index (χ2v) is 5.41. The van der Waals surface area contributed by atoms with Gasteiger partial charge in [0.25, 0.3) is 0 Å². The van der Waals surface area contributed by atoms with Gasteiger partial charge in [0.2, 0.25) is 0 Å². The van der Waals surface area contributed by atoms with Gasteiger partial charge in [-0.1, -0.05) is 0 Å². The molecule has 0 atom stereocenters. The standard InChI is InChI=1S/C16H22F2N2O2/c1-20(2)7-6-12-11-19-15-5-4-13(10-14(12)15)21-8-3-9-22-16(17)18/h4-5,10-11,16,19H,3,6-9H2,1-2H3. The zero-order valence-electron chi connectivity index (χ0n) is 12.9. The fourth-order valence-electron chi connectivity index (χ4n) is 2.22. The van der Waals surface area contributed by atoms with Crippen molar-refractivity contribution >= 4 is 10.9 Å². The summed E-state index contributed by atoms with van der Waals surface area (Å²) >= 11 is 0. The number of benzene rings is 1. The Bertz CT molecular complexity index is 585. The second kappa shape index (κ2) is 8.10. The number of hydrogen-bond acceptors (Lipinski definition) is 3. The Morgan fingerprint density at radius 2 is 2.05 bits per heavy atom. The van der Waals surface area contributed by atoms with Gasteiger partial charge in [0, 0.05) is 30.1 Å². The van der Waals surface area contributed by atoms with E-state index in [1.165, 1.54) is 5.56 Å². The van der Waals surface area contributed by atoms with E-state index < -0.39 is 6.61 Å². The molecule has 1 aromatic carbocycles. The molecular weight excluding hydrogens is 290 g/mol. The third kappa shape index (κ3) is 4.96. The molecule has 6 heteroatoms. The smallest absolute Gasteiger partial charge is 0.345 e. The van der Waals surface area contributed by atoms with Gasteiger partial charge < -0.3 is 19.4 Å². The molecule has 0 aliphatic carbocycles. The van der Waals surface area contributed by atoms with Crippen LogP contribution in [-0.4, -0.2) is 50.3 Å². The molecule has 4 nitrogen and oxygen atoms in total. The number of nitrogens with one attached hydrogen (secondary N) is 1. The van der Waals surface area contributed by atoms with Crippen molar-refractivity contribution in [1.82, 2.24) is 9.88 Å². The molecule has 0 unspecified atom stereocenters. The molecule has 0 aliphatic rings. The number of hydrogen-bond donors (Lipinski definition) is 1. The molecule has 1 N–H and O–H groups in total. The molecule has 0 radical (unpaired) electrons. The predicted molar refractivity (Wildman–Crippen MR) is 82.6 cm³/mol. The van der Waals surface area contributed by atoms with Crippen LogP contribution in [0.15, 0.2) is 24.4 Å². The first-order valence-electron chi connectivity index (χ1n) is 7.33. The summed E-state index contributed by atoms with van der Waals surface area (Å²) in [5, 5.41) is 1.14. The highest BCUT2D eigenvalue weighted by molar-refractivity contribution is 5.84. The van der Waals surface area contributed by atoms with Gasteiger partial charge >= 0.3 is 6.61 Å². The number of halogens is 2. The zero-order valence-corrected chi connectivity index (χ0v) is 12.9. The van der Waals surface area contributed by atoms with Crippen molar-refractivity contribution in [2.24, 2.45) is 0 Å². The Kier molecular flexibility index (Phi) is 6.15. The summed E-state index contributed by atoms with van der Waals surface area (Å²) in [4.78, 5) is 5.39. The highest BCUT2D eigenvalue weighted by Crippen LogP contribution is 2.24. The molecule has 0 aliphatic heterocycles. The number of aromatic amines is 1. The molecule has 0 bridgehead atoms. The molecule has 0 spiro atoms. The summed E-state index contributed by atoms with van der Waals surface area (Å²) in [6, 6.07) is 5.84. The molecule has 22 heavy (non-hydrogen) atoms. The van der Waals surface area contributed by atoms with Crippen LogP contribution >= 0.6 is 0 Å². The van der Waals surface area contributed by atoms with Gasteiger partial charge in [-0.15, -0.1) is 0 Å². The quantitative estimate of drug-likeness (QED) is 0.722. The van der Waals surface area contributed by atoms with Crippen LogP contribution in [0.1, 0.15) is 12.0 Å². The van der Waals surface area contributed by atoms with E-state index in [4.69, 9.17) is 4.74 Å². The Labute approximate surface area is 129 Å². The van der Waals surface area contributed by atoms with E-state index in [1.54, 1.807) is 0 Å². The van der Waals surface area contributed by atoms with Crippen molar-refractivity contribution in [2.75, 3.05) is 33.9 Å². The molecule has 2 rings (SSSR count). The maximum atomic E-state index is 11.8. The molecule has 2 aromatic rings. The third-order valence-corrected chi connectivity index (χ3v) is 3.37. The number of alkyl halides is 2. The highest BCUT2D eigenvalue weighted by atomic mass is 19.3. The number of H-pyrrole nitrogens is 1. The minimum Gasteiger partial charge on any atom is -0.493 e. The summed E-state index contributed by atoms with van der Waals surface area (Å²) in [7, 11) is 4.09. The SMILES string of the molecule is CN(C)CCc1c[nH]c2ccc(OCCCOC(F)F)cc12. The van der Waals surface area contributed by atoms with Crippen LogP contribution in [0.5, 0.6) is 5.75 Å². The van der Waals surface area contributed by atoms with E-state index >= 15 is 0 Å². The van der Waals surface area contributed by atoms with Crippen molar-refractivity contribution < 1.29 is 18.3 Å². The van der Waals surface area contributed by atoms with Gasteiger partial charge in [-0.05, 0) is 44.3 Å².